The molecule has 0 rings (SSSR count). The van der Waals surface area contributed by atoms with Crippen molar-refractivity contribution < 1.29 is 37.0 Å². The minimum atomic E-state index is -3.87. The maximum atomic E-state index is 12.0. The first-order chi connectivity index (χ1) is 40.2. The van der Waals surface area contributed by atoms with E-state index in [1.54, 1.807) is 0 Å². The molecule has 0 aromatic rings. The van der Waals surface area contributed by atoms with Gasteiger partial charge in [-0.05, 0) is 25.7 Å². The number of phosphoric acid groups is 2. The van der Waals surface area contributed by atoms with Gasteiger partial charge in [-0.2, -0.15) is 0 Å². The lowest BCUT2D eigenvalue weighted by molar-refractivity contribution is 0.144. The normalized spacial score (nSPS) is 12.0. The second-order valence-electron chi connectivity index (χ2n) is 25.5. The Morgan fingerprint density at radius 2 is 0.256 bits per heavy atom. The van der Waals surface area contributed by atoms with E-state index in [4.69, 9.17) is 18.1 Å². The van der Waals surface area contributed by atoms with Crippen LogP contribution in [0.1, 0.15) is 439 Å². The highest BCUT2D eigenvalue weighted by atomic mass is 31.2. The fraction of sp³-hybridized carbons (Fsp3) is 1.00. The highest BCUT2D eigenvalue weighted by Gasteiger charge is 2.21. The number of hydrogen-bond donors (Lipinski definition) is 2. The fourth-order valence-corrected chi connectivity index (χ4v) is 13.0. The predicted molar refractivity (Wildman–Crippen MR) is 362 cm³/mol. The van der Waals surface area contributed by atoms with E-state index in [0.29, 0.717) is 26.4 Å². The monoisotopic (exact) mass is 1210 g/mol. The van der Waals surface area contributed by atoms with E-state index >= 15 is 0 Å². The van der Waals surface area contributed by atoms with Gasteiger partial charge in [-0.1, -0.05) is 413 Å². The highest BCUT2D eigenvalue weighted by molar-refractivity contribution is 7.47. The quantitative estimate of drug-likeness (QED) is 0.0458. The lowest BCUT2D eigenvalue weighted by Crippen LogP contribution is -1.99. The molecular weight excluding hydrogens is 1050 g/mol. The van der Waals surface area contributed by atoms with E-state index in [-0.39, 0.29) is 0 Å². The number of hydrogen-bond acceptors (Lipinski definition) is 6. The van der Waals surface area contributed by atoms with Crippen LogP contribution in [0.15, 0.2) is 0 Å². The van der Waals surface area contributed by atoms with Crippen molar-refractivity contribution >= 4 is 15.6 Å². The Hall–Kier alpha value is 0.220. The Kier molecular flexibility index (Phi) is 75.7. The van der Waals surface area contributed by atoms with Crippen LogP contribution in [0, 0.1) is 0 Å². The third-order valence-electron chi connectivity index (χ3n) is 17.0. The Balaban J connectivity index is 0. The molecule has 0 aliphatic heterocycles. The summed E-state index contributed by atoms with van der Waals surface area (Å²) in [6.45, 7) is 10.4. The number of unbranched alkanes of at least 4 members (excludes halogenated alkanes) is 60. The van der Waals surface area contributed by atoms with Gasteiger partial charge < -0.3 is 9.79 Å². The van der Waals surface area contributed by atoms with Crippen LogP contribution in [0.4, 0.5) is 0 Å². The summed E-state index contributed by atoms with van der Waals surface area (Å²) in [5.74, 6) is 0. The van der Waals surface area contributed by atoms with Crippen LogP contribution in [0.5, 0.6) is 0 Å². The summed E-state index contributed by atoms with van der Waals surface area (Å²) in [4.78, 5) is 19.8. The van der Waals surface area contributed by atoms with Crippen LogP contribution >= 0.6 is 15.6 Å². The van der Waals surface area contributed by atoms with Gasteiger partial charge in [0.25, 0.3) is 0 Å². The first kappa shape index (κ1) is 84.3. The summed E-state index contributed by atoms with van der Waals surface area (Å²) >= 11 is 0. The molecule has 0 aliphatic carbocycles. The second-order valence-corrected chi connectivity index (χ2v) is 28.4. The molecule has 0 saturated carbocycles. The van der Waals surface area contributed by atoms with Gasteiger partial charge >= 0.3 is 15.6 Å². The smallest absolute Gasteiger partial charge is 0.302 e. The zero-order valence-electron chi connectivity index (χ0n) is 56.3. The molecule has 0 bridgehead atoms. The van der Waals surface area contributed by atoms with Gasteiger partial charge in [-0.25, -0.2) is 9.13 Å². The maximum absolute atomic E-state index is 12.0. The summed E-state index contributed by atoms with van der Waals surface area (Å²) in [6, 6.07) is 0. The van der Waals surface area contributed by atoms with Crippen molar-refractivity contribution in [3.63, 3.8) is 0 Å². The molecule has 10 heteroatoms. The van der Waals surface area contributed by atoms with E-state index in [0.717, 1.165) is 51.4 Å². The molecule has 0 aromatic carbocycles. The Labute approximate surface area is 515 Å². The predicted octanol–water partition coefficient (Wildman–Crippen LogP) is 27.3. The van der Waals surface area contributed by atoms with Gasteiger partial charge in [0.1, 0.15) is 0 Å². The molecule has 0 amide bonds. The molecule has 82 heavy (non-hydrogen) atoms. The molecule has 2 N–H and O–H groups in total. The second kappa shape index (κ2) is 73.7. The molecule has 0 spiro atoms. The van der Waals surface area contributed by atoms with E-state index in [1.165, 1.54) is 360 Å². The minimum Gasteiger partial charge on any atom is -0.302 e. The summed E-state index contributed by atoms with van der Waals surface area (Å²) in [6.07, 6.45) is 84.4. The molecule has 0 aromatic heterocycles. The van der Waals surface area contributed by atoms with Crippen LogP contribution in [-0.4, -0.2) is 36.2 Å². The maximum Gasteiger partial charge on any atom is 0.472 e. The van der Waals surface area contributed by atoms with Crippen LogP contribution in [-0.2, 0) is 27.2 Å². The summed E-state index contributed by atoms with van der Waals surface area (Å²) in [5.41, 5.74) is 0. The zero-order chi connectivity index (χ0) is 59.9. The number of phosphoric ester groups is 2. The summed E-state index contributed by atoms with van der Waals surface area (Å²) < 4.78 is 44.8. The average molecular weight is 1210 g/mol. The molecule has 0 radical (unpaired) electrons. The van der Waals surface area contributed by atoms with Crippen molar-refractivity contribution in [3.8, 4) is 0 Å². The van der Waals surface area contributed by atoms with E-state index in [9.17, 15) is 18.9 Å². The van der Waals surface area contributed by atoms with Crippen LogP contribution in [0.25, 0.3) is 0 Å². The van der Waals surface area contributed by atoms with Crippen molar-refractivity contribution in [2.45, 2.75) is 439 Å². The van der Waals surface area contributed by atoms with Gasteiger partial charge in [0, 0.05) is 0 Å². The van der Waals surface area contributed by atoms with Crippen molar-refractivity contribution in [2.75, 3.05) is 26.4 Å². The first-order valence-corrected chi connectivity index (χ1v) is 40.5. The van der Waals surface area contributed by atoms with Crippen LogP contribution in [0.3, 0.4) is 0 Å². The van der Waals surface area contributed by atoms with Crippen molar-refractivity contribution in [1.29, 1.82) is 0 Å². The average Bonchev–Trinajstić information content (AvgIpc) is 3.46. The lowest BCUT2D eigenvalue weighted by atomic mass is 10.0. The van der Waals surface area contributed by atoms with Crippen molar-refractivity contribution in [3.05, 3.63) is 0 Å². The van der Waals surface area contributed by atoms with Crippen LogP contribution < -0.4 is 0 Å². The summed E-state index contributed by atoms with van der Waals surface area (Å²) in [7, 11) is -7.74. The molecule has 8 nitrogen and oxygen atoms in total. The third-order valence-corrected chi connectivity index (χ3v) is 19.0. The highest BCUT2D eigenvalue weighted by Crippen LogP contribution is 2.44. The molecule has 496 valence electrons. The minimum absolute atomic E-state index is 0.325. The van der Waals surface area contributed by atoms with Crippen molar-refractivity contribution in [1.82, 2.24) is 0 Å². The van der Waals surface area contributed by atoms with Gasteiger partial charge in [-0.3, -0.25) is 18.1 Å². The molecule has 0 aliphatic rings. The van der Waals surface area contributed by atoms with Gasteiger partial charge in [0.05, 0.1) is 26.4 Å². The molecule has 0 heterocycles. The largest absolute Gasteiger partial charge is 0.472 e. The molecule has 0 fully saturated rings. The molecule has 0 unspecified atom stereocenters. The zero-order valence-corrected chi connectivity index (χ0v) is 58.1. The fourth-order valence-electron chi connectivity index (χ4n) is 11.4. The van der Waals surface area contributed by atoms with E-state index in [2.05, 4.69) is 27.7 Å². The Bertz CT molecular complexity index is 1060. The Morgan fingerprint density at radius 3 is 0.354 bits per heavy atom. The van der Waals surface area contributed by atoms with E-state index < -0.39 is 15.6 Å². The van der Waals surface area contributed by atoms with Gasteiger partial charge in [0.2, 0.25) is 0 Å². The SMILES string of the molecule is CCCCCCCCCCCCCCCCCCOP(=O)(O)OCCCCCCCCCCCCCCCCCC.CCCCCCCCCCCCCCCCCCOP(=O)(O)OCCCCCCCCCCCCCCCCCC. The van der Waals surface area contributed by atoms with Gasteiger partial charge in [0.15, 0.2) is 0 Å². The lowest BCUT2D eigenvalue weighted by Gasteiger charge is -2.12. The van der Waals surface area contributed by atoms with E-state index in [1.807, 2.05) is 0 Å². The molecule has 0 atom stereocenters. The first-order valence-electron chi connectivity index (χ1n) is 37.5. The topological polar surface area (TPSA) is 112 Å². The van der Waals surface area contributed by atoms with Crippen LogP contribution in [0.2, 0.25) is 0 Å². The standard InChI is InChI=1S/2C36H75O4P/c2*1-3-5-7-9-11-13-15-17-19-21-23-25-27-29-31-33-35-39-41(37,38)40-36-34-32-30-28-26-24-22-20-18-16-14-12-10-8-6-4-2/h2*3-36H2,1-2H3,(H,37,38). The van der Waals surface area contributed by atoms with Gasteiger partial charge in [-0.15, -0.1) is 0 Å². The summed E-state index contributed by atoms with van der Waals surface area (Å²) in [5, 5.41) is 0. The Morgan fingerprint density at radius 1 is 0.171 bits per heavy atom. The molecule has 0 saturated heterocycles. The van der Waals surface area contributed by atoms with Crippen molar-refractivity contribution in [2.24, 2.45) is 0 Å². The molecular formula is C72H150O8P2. The third kappa shape index (κ3) is 78.2. The number of rotatable bonds is 72.